The van der Waals surface area contributed by atoms with Crippen LogP contribution in [-0.4, -0.2) is 51.7 Å². The van der Waals surface area contributed by atoms with E-state index in [4.69, 9.17) is 0 Å². The molecule has 0 bridgehead atoms. The summed E-state index contributed by atoms with van der Waals surface area (Å²) >= 11 is 0. The third kappa shape index (κ3) is 4.15. The van der Waals surface area contributed by atoms with Crippen molar-refractivity contribution in [1.82, 2.24) is 25.3 Å². The van der Waals surface area contributed by atoms with Gasteiger partial charge in [0.1, 0.15) is 24.1 Å². The lowest BCUT2D eigenvalue weighted by Crippen LogP contribution is -2.46. The molecule has 0 aliphatic heterocycles. The van der Waals surface area contributed by atoms with Crippen LogP contribution in [-0.2, 0) is 4.79 Å². The van der Waals surface area contributed by atoms with Crippen molar-refractivity contribution in [1.29, 1.82) is 0 Å². The van der Waals surface area contributed by atoms with E-state index in [0.29, 0.717) is 17.3 Å². The molecule has 142 valence electrons. The van der Waals surface area contributed by atoms with Crippen molar-refractivity contribution in [3.8, 4) is 11.4 Å². The maximum absolute atomic E-state index is 12.3. The van der Waals surface area contributed by atoms with Gasteiger partial charge in [0, 0.05) is 36.6 Å². The predicted molar refractivity (Wildman–Crippen MR) is 94.0 cm³/mol. The highest BCUT2D eigenvalue weighted by Crippen LogP contribution is 2.26. The highest BCUT2D eigenvalue weighted by Gasteiger charge is 2.29. The van der Waals surface area contributed by atoms with Crippen LogP contribution in [0.2, 0.25) is 0 Å². The minimum absolute atomic E-state index is 0.410. The lowest BCUT2D eigenvalue weighted by molar-refractivity contribution is -0.138. The van der Waals surface area contributed by atoms with E-state index in [1.165, 1.54) is 18.0 Å². The lowest BCUT2D eigenvalue weighted by Gasteiger charge is -2.25. The quantitative estimate of drug-likeness (QED) is 0.713. The smallest absolute Gasteiger partial charge is 0.348 e. The number of fused-ring (bicyclic) bond motifs is 1. The number of rotatable bonds is 5. The molecule has 0 saturated heterocycles. The van der Waals surface area contributed by atoms with Crippen LogP contribution >= 0.6 is 0 Å². The summed E-state index contributed by atoms with van der Waals surface area (Å²) in [5.74, 6) is 0.0840. The first-order valence-electron chi connectivity index (χ1n) is 8.09. The Labute approximate surface area is 152 Å². The van der Waals surface area contributed by atoms with Crippen molar-refractivity contribution in [2.24, 2.45) is 0 Å². The summed E-state index contributed by atoms with van der Waals surface area (Å²) in [5, 5.41) is 2.72. The normalized spacial score (nSPS) is 12.8. The van der Waals surface area contributed by atoms with Crippen molar-refractivity contribution in [2.75, 3.05) is 18.5 Å². The maximum atomic E-state index is 12.3. The molecule has 3 aromatic heterocycles. The van der Waals surface area contributed by atoms with Crippen LogP contribution in [0.3, 0.4) is 0 Å². The summed E-state index contributed by atoms with van der Waals surface area (Å²) in [4.78, 5) is 29.4. The Kier molecular flexibility index (Phi) is 4.98. The summed E-state index contributed by atoms with van der Waals surface area (Å²) in [7, 11) is 1.58. The Bertz CT molecular complexity index is 955. The Morgan fingerprint density at radius 2 is 2.07 bits per heavy atom. The predicted octanol–water partition coefficient (Wildman–Crippen LogP) is 2.52. The van der Waals surface area contributed by atoms with Gasteiger partial charge in [-0.25, -0.2) is 15.0 Å². The molecule has 0 saturated carbocycles. The Balaban J connectivity index is 1.81. The minimum atomic E-state index is -4.46. The number of hydrogen-bond acceptors (Lipinski definition) is 5. The van der Waals surface area contributed by atoms with E-state index < -0.39 is 24.7 Å². The van der Waals surface area contributed by atoms with Gasteiger partial charge in [0.05, 0.1) is 0 Å². The molecule has 3 heterocycles. The van der Waals surface area contributed by atoms with Crippen molar-refractivity contribution >= 4 is 22.8 Å². The second kappa shape index (κ2) is 7.22. The molecule has 0 fully saturated rings. The number of nitrogens with zero attached hydrogens (tertiary/aromatic N) is 4. The van der Waals surface area contributed by atoms with Gasteiger partial charge in [0.15, 0.2) is 5.82 Å². The number of carbonyl (C=O) groups is 1. The summed E-state index contributed by atoms with van der Waals surface area (Å²) in [6, 6.07) is 4.41. The van der Waals surface area contributed by atoms with Crippen LogP contribution in [0.25, 0.3) is 22.4 Å². The van der Waals surface area contributed by atoms with Crippen molar-refractivity contribution in [3.05, 3.63) is 36.8 Å². The van der Waals surface area contributed by atoms with E-state index in [-0.39, 0.29) is 0 Å². The van der Waals surface area contributed by atoms with Crippen molar-refractivity contribution in [2.45, 2.75) is 19.1 Å². The number of carbonyl (C=O) groups excluding carboxylic acids is 1. The number of alkyl halides is 3. The maximum Gasteiger partial charge on any atom is 0.405 e. The summed E-state index contributed by atoms with van der Waals surface area (Å²) in [6.07, 6.45) is 0.467. The molecule has 0 aliphatic carbocycles. The van der Waals surface area contributed by atoms with Crippen LogP contribution in [0.1, 0.15) is 6.92 Å². The molecule has 3 aromatic rings. The number of halogens is 3. The fourth-order valence-electron chi connectivity index (χ4n) is 2.53. The number of aromatic nitrogens is 4. The number of pyridine rings is 1. The fraction of sp³-hybridized carbons (Fsp3) is 0.294. The van der Waals surface area contributed by atoms with Gasteiger partial charge in [0.2, 0.25) is 5.91 Å². The summed E-state index contributed by atoms with van der Waals surface area (Å²) in [6.45, 7) is 0.129. The van der Waals surface area contributed by atoms with Gasteiger partial charge < -0.3 is 15.2 Å². The molecular weight excluding hydrogens is 361 g/mol. The number of nitrogens with one attached hydrogen (secondary N) is 2. The van der Waals surface area contributed by atoms with E-state index in [0.717, 1.165) is 10.9 Å². The fourth-order valence-corrected chi connectivity index (χ4v) is 2.53. The average molecular weight is 378 g/mol. The van der Waals surface area contributed by atoms with Gasteiger partial charge in [-0.2, -0.15) is 13.2 Å². The zero-order valence-corrected chi connectivity index (χ0v) is 14.6. The number of likely N-dealkylation sites (N-methyl/N-ethyl adjacent to an activating group) is 1. The van der Waals surface area contributed by atoms with Gasteiger partial charge in [-0.05, 0) is 25.1 Å². The summed E-state index contributed by atoms with van der Waals surface area (Å²) in [5.41, 5.74) is 1.43. The SMILES string of the molecule is CC(C(=O)NCC(F)(F)F)N(C)c1ccnc(-c2c[nH]c3ncccc23)n1. The van der Waals surface area contributed by atoms with E-state index in [9.17, 15) is 18.0 Å². The van der Waals surface area contributed by atoms with Gasteiger partial charge >= 0.3 is 6.18 Å². The number of anilines is 1. The number of aromatic amines is 1. The molecule has 0 aromatic carbocycles. The largest absolute Gasteiger partial charge is 0.405 e. The van der Waals surface area contributed by atoms with E-state index in [1.54, 1.807) is 31.6 Å². The monoisotopic (exact) mass is 378 g/mol. The van der Waals surface area contributed by atoms with Crippen LogP contribution < -0.4 is 10.2 Å². The lowest BCUT2D eigenvalue weighted by atomic mass is 10.2. The molecule has 27 heavy (non-hydrogen) atoms. The van der Waals surface area contributed by atoms with Gasteiger partial charge in [0.25, 0.3) is 0 Å². The average Bonchev–Trinajstić information content (AvgIpc) is 3.08. The Hall–Kier alpha value is -3.17. The van der Waals surface area contributed by atoms with E-state index >= 15 is 0 Å². The van der Waals surface area contributed by atoms with Gasteiger partial charge in [-0.15, -0.1) is 0 Å². The third-order valence-corrected chi connectivity index (χ3v) is 4.12. The molecule has 1 unspecified atom stereocenters. The van der Waals surface area contributed by atoms with Crippen LogP contribution in [0.5, 0.6) is 0 Å². The second-order valence-corrected chi connectivity index (χ2v) is 5.96. The van der Waals surface area contributed by atoms with Crippen molar-refractivity contribution < 1.29 is 18.0 Å². The number of amides is 1. The molecule has 0 aliphatic rings. The molecule has 7 nitrogen and oxygen atoms in total. The van der Waals surface area contributed by atoms with E-state index in [1.807, 2.05) is 11.4 Å². The zero-order chi connectivity index (χ0) is 19.6. The zero-order valence-electron chi connectivity index (χ0n) is 14.6. The highest BCUT2D eigenvalue weighted by molar-refractivity contribution is 5.91. The molecule has 0 spiro atoms. The standard InChI is InChI=1S/C17H17F3N6O/c1-10(16(27)24-9-17(18,19)20)26(2)13-5-7-22-15(25-13)12-8-23-14-11(12)4-3-6-21-14/h3-8,10H,9H2,1-2H3,(H,21,23)(H,24,27). The molecule has 1 amide bonds. The van der Waals surface area contributed by atoms with Crippen LogP contribution in [0, 0.1) is 0 Å². The molecule has 1 atom stereocenters. The first-order valence-corrected chi connectivity index (χ1v) is 8.09. The van der Waals surface area contributed by atoms with Gasteiger partial charge in [-0.1, -0.05) is 0 Å². The summed E-state index contributed by atoms with van der Waals surface area (Å²) < 4.78 is 36.9. The number of hydrogen-bond donors (Lipinski definition) is 2. The third-order valence-electron chi connectivity index (χ3n) is 4.12. The van der Waals surface area contributed by atoms with Crippen LogP contribution in [0.4, 0.5) is 19.0 Å². The van der Waals surface area contributed by atoms with Crippen molar-refractivity contribution in [3.63, 3.8) is 0 Å². The Morgan fingerprint density at radius 3 is 2.81 bits per heavy atom. The van der Waals surface area contributed by atoms with Crippen LogP contribution in [0.15, 0.2) is 36.8 Å². The molecule has 3 rings (SSSR count). The van der Waals surface area contributed by atoms with Gasteiger partial charge in [-0.3, -0.25) is 4.79 Å². The van der Waals surface area contributed by atoms with E-state index in [2.05, 4.69) is 19.9 Å². The highest BCUT2D eigenvalue weighted by atomic mass is 19.4. The molecule has 0 radical (unpaired) electrons. The molecule has 2 N–H and O–H groups in total. The first kappa shape index (κ1) is 18.6. The molecular formula is C17H17F3N6O. The second-order valence-electron chi connectivity index (χ2n) is 5.96. The number of H-pyrrole nitrogens is 1. The minimum Gasteiger partial charge on any atom is -0.348 e. The first-order chi connectivity index (χ1) is 12.8. The molecule has 10 heteroatoms. The Morgan fingerprint density at radius 1 is 1.30 bits per heavy atom. The topological polar surface area (TPSA) is 86.8 Å².